The molecule has 0 unspecified atom stereocenters. The molecule has 1 aliphatic rings. The number of hydrogen-bond donors (Lipinski definition) is 1. The normalized spacial score (nSPS) is 14.5. The molecule has 1 N–H and O–H groups in total. The summed E-state index contributed by atoms with van der Waals surface area (Å²) < 4.78 is 34.2. The molecule has 3 heterocycles. The fourth-order valence-electron chi connectivity index (χ4n) is 3.20. The fourth-order valence-corrected chi connectivity index (χ4v) is 4.90. The number of nitrogens with zero attached hydrogens (tertiary/aromatic N) is 3. The number of sulfonamides is 1. The molecular formula is C19H23Cl3N4O3S. The van der Waals surface area contributed by atoms with Crippen molar-refractivity contribution in [3.8, 4) is 11.5 Å². The minimum absolute atomic E-state index is 0. The molecule has 1 saturated heterocycles. The molecular weight excluding hydrogens is 471 g/mol. The first-order chi connectivity index (χ1) is 13.2. The Morgan fingerprint density at radius 1 is 0.933 bits per heavy atom. The lowest BCUT2D eigenvalue weighted by molar-refractivity contribution is 0.432. The highest BCUT2D eigenvalue weighted by molar-refractivity contribution is 7.89. The molecule has 7 nitrogen and oxygen atoms in total. The molecule has 30 heavy (non-hydrogen) atoms. The Labute approximate surface area is 194 Å². The number of nitrogens with one attached hydrogen (secondary N) is 1. The number of aromatic nitrogens is 2. The molecule has 1 fully saturated rings. The van der Waals surface area contributed by atoms with Crippen LogP contribution in [0.4, 0.5) is 0 Å². The van der Waals surface area contributed by atoms with Gasteiger partial charge in [-0.15, -0.1) is 37.2 Å². The molecule has 0 spiro atoms. The second kappa shape index (κ2) is 11.6. The monoisotopic (exact) mass is 492 g/mol. The zero-order valence-electron chi connectivity index (χ0n) is 15.9. The number of hydrogen-bond acceptors (Lipinski definition) is 6. The number of ether oxygens (including phenoxy) is 1. The predicted octanol–water partition coefficient (Wildman–Crippen LogP) is 3.67. The van der Waals surface area contributed by atoms with Crippen molar-refractivity contribution >= 4 is 58.0 Å². The van der Waals surface area contributed by atoms with E-state index >= 15 is 0 Å². The zero-order chi connectivity index (χ0) is 18.7. The third kappa shape index (κ3) is 5.51. The SMILES string of the molecule is Cl.Cl.Cl.O=S(=O)(c1cccc2cncc(Oc3cccnc3)c12)N1CCCNCC1. The van der Waals surface area contributed by atoms with Gasteiger partial charge in [0, 0.05) is 42.8 Å². The summed E-state index contributed by atoms with van der Waals surface area (Å²) in [5.41, 5.74) is 0. The summed E-state index contributed by atoms with van der Waals surface area (Å²) in [4.78, 5) is 8.47. The largest absolute Gasteiger partial charge is 0.453 e. The Bertz CT molecular complexity index is 1040. The highest BCUT2D eigenvalue weighted by Gasteiger charge is 2.28. The summed E-state index contributed by atoms with van der Waals surface area (Å²) in [7, 11) is -3.66. The summed E-state index contributed by atoms with van der Waals surface area (Å²) >= 11 is 0. The third-order valence-corrected chi connectivity index (χ3v) is 6.43. The van der Waals surface area contributed by atoms with Crippen molar-refractivity contribution in [2.24, 2.45) is 0 Å². The smallest absolute Gasteiger partial charge is 0.243 e. The van der Waals surface area contributed by atoms with E-state index in [-0.39, 0.29) is 42.1 Å². The highest BCUT2D eigenvalue weighted by atomic mass is 35.5. The van der Waals surface area contributed by atoms with Crippen LogP contribution in [0, 0.1) is 0 Å². The summed E-state index contributed by atoms with van der Waals surface area (Å²) in [6.07, 6.45) is 7.20. The summed E-state index contributed by atoms with van der Waals surface area (Å²) in [6.45, 7) is 2.41. The molecule has 1 aliphatic heterocycles. The first-order valence-electron chi connectivity index (χ1n) is 8.82. The molecule has 0 aliphatic carbocycles. The maximum atomic E-state index is 13.4. The third-order valence-electron chi connectivity index (χ3n) is 4.49. The number of pyridine rings is 2. The summed E-state index contributed by atoms with van der Waals surface area (Å²) in [5, 5.41) is 4.48. The van der Waals surface area contributed by atoms with E-state index in [4.69, 9.17) is 4.74 Å². The molecule has 11 heteroatoms. The number of fused-ring (bicyclic) bond motifs is 1. The zero-order valence-corrected chi connectivity index (χ0v) is 19.2. The Balaban J connectivity index is 0.00000150. The van der Waals surface area contributed by atoms with Crippen LogP contribution in [0.15, 0.2) is 60.0 Å². The first-order valence-corrected chi connectivity index (χ1v) is 10.3. The highest BCUT2D eigenvalue weighted by Crippen LogP contribution is 2.34. The fraction of sp³-hybridized carbons (Fsp3) is 0.263. The van der Waals surface area contributed by atoms with E-state index in [1.54, 1.807) is 49.1 Å². The van der Waals surface area contributed by atoms with Crippen molar-refractivity contribution in [1.29, 1.82) is 0 Å². The van der Waals surface area contributed by atoms with Gasteiger partial charge in [-0.05, 0) is 31.2 Å². The number of benzene rings is 1. The Kier molecular flexibility index (Phi) is 10.2. The molecule has 2 aromatic heterocycles. The van der Waals surface area contributed by atoms with Gasteiger partial charge in [0.15, 0.2) is 5.75 Å². The van der Waals surface area contributed by atoms with Gasteiger partial charge in [-0.1, -0.05) is 12.1 Å². The van der Waals surface area contributed by atoms with Gasteiger partial charge in [-0.3, -0.25) is 9.97 Å². The van der Waals surface area contributed by atoms with Gasteiger partial charge in [-0.25, -0.2) is 8.42 Å². The summed E-state index contributed by atoms with van der Waals surface area (Å²) in [6, 6.07) is 8.73. The topological polar surface area (TPSA) is 84.4 Å². The van der Waals surface area contributed by atoms with Gasteiger partial charge in [0.25, 0.3) is 0 Å². The second-order valence-corrected chi connectivity index (χ2v) is 8.20. The molecule has 164 valence electrons. The number of rotatable bonds is 4. The first kappa shape index (κ1) is 26.4. The lowest BCUT2D eigenvalue weighted by Gasteiger charge is -2.21. The van der Waals surface area contributed by atoms with Crippen LogP contribution >= 0.6 is 37.2 Å². The van der Waals surface area contributed by atoms with E-state index < -0.39 is 10.0 Å². The van der Waals surface area contributed by atoms with Crippen molar-refractivity contribution in [2.75, 3.05) is 26.2 Å². The minimum atomic E-state index is -3.66. The second-order valence-electron chi connectivity index (χ2n) is 6.29. The molecule has 0 atom stereocenters. The Morgan fingerprint density at radius 3 is 2.53 bits per heavy atom. The van der Waals surface area contributed by atoms with Gasteiger partial charge in [0.2, 0.25) is 10.0 Å². The predicted molar refractivity (Wildman–Crippen MR) is 124 cm³/mol. The average molecular weight is 494 g/mol. The van der Waals surface area contributed by atoms with E-state index in [2.05, 4.69) is 15.3 Å². The molecule has 0 bridgehead atoms. The molecule has 0 radical (unpaired) electrons. The molecule has 1 aromatic carbocycles. The Hall–Kier alpha value is -1.68. The number of halogens is 3. The van der Waals surface area contributed by atoms with Crippen LogP contribution in [0.25, 0.3) is 10.8 Å². The van der Waals surface area contributed by atoms with Crippen LogP contribution in [-0.4, -0.2) is 48.9 Å². The van der Waals surface area contributed by atoms with Gasteiger partial charge < -0.3 is 10.1 Å². The van der Waals surface area contributed by atoms with Crippen LogP contribution in [0.5, 0.6) is 11.5 Å². The van der Waals surface area contributed by atoms with Crippen LogP contribution in [0.3, 0.4) is 0 Å². The van der Waals surface area contributed by atoms with Gasteiger partial charge >= 0.3 is 0 Å². The molecule has 0 saturated carbocycles. The van der Waals surface area contributed by atoms with Crippen LogP contribution in [0.1, 0.15) is 6.42 Å². The lowest BCUT2D eigenvalue weighted by atomic mass is 10.1. The summed E-state index contributed by atoms with van der Waals surface area (Å²) in [5.74, 6) is 0.922. The Morgan fingerprint density at radius 2 is 1.77 bits per heavy atom. The van der Waals surface area contributed by atoms with Gasteiger partial charge in [0.05, 0.1) is 17.3 Å². The van der Waals surface area contributed by atoms with Crippen molar-refractivity contribution in [1.82, 2.24) is 19.6 Å². The maximum absolute atomic E-state index is 13.4. The van der Waals surface area contributed by atoms with Gasteiger partial charge in [0.1, 0.15) is 5.75 Å². The van der Waals surface area contributed by atoms with E-state index in [1.165, 1.54) is 4.31 Å². The molecule has 3 aromatic rings. The standard InChI is InChI=1S/C19H20N4O3S.3ClH/c24-27(25,23-10-3-8-20-9-11-23)18-6-1-4-15-12-22-14-17(19(15)18)26-16-5-2-7-21-13-16;;;/h1-2,4-7,12-14,20H,3,8-11H2;3*1H. The van der Waals surface area contributed by atoms with Crippen molar-refractivity contribution in [2.45, 2.75) is 11.3 Å². The van der Waals surface area contributed by atoms with E-state index in [1.807, 2.05) is 6.07 Å². The minimum Gasteiger partial charge on any atom is -0.453 e. The quantitative estimate of drug-likeness (QED) is 0.597. The van der Waals surface area contributed by atoms with Crippen LogP contribution in [-0.2, 0) is 10.0 Å². The van der Waals surface area contributed by atoms with E-state index in [0.29, 0.717) is 41.9 Å². The maximum Gasteiger partial charge on any atom is 0.243 e. The van der Waals surface area contributed by atoms with Crippen LogP contribution < -0.4 is 10.1 Å². The van der Waals surface area contributed by atoms with Crippen molar-refractivity contribution in [3.63, 3.8) is 0 Å². The van der Waals surface area contributed by atoms with Crippen molar-refractivity contribution < 1.29 is 13.2 Å². The van der Waals surface area contributed by atoms with Crippen LogP contribution in [0.2, 0.25) is 0 Å². The van der Waals surface area contributed by atoms with E-state index in [9.17, 15) is 8.42 Å². The van der Waals surface area contributed by atoms with Crippen molar-refractivity contribution in [3.05, 3.63) is 55.1 Å². The van der Waals surface area contributed by atoms with Gasteiger partial charge in [-0.2, -0.15) is 4.31 Å². The lowest BCUT2D eigenvalue weighted by Crippen LogP contribution is -2.34. The average Bonchev–Trinajstić information content (AvgIpc) is 2.99. The molecule has 4 rings (SSSR count). The molecule has 0 amide bonds. The van der Waals surface area contributed by atoms with E-state index in [0.717, 1.165) is 13.0 Å².